The van der Waals surface area contributed by atoms with E-state index < -0.39 is 0 Å². The Kier molecular flexibility index (Phi) is 4.44. The van der Waals surface area contributed by atoms with Crippen molar-refractivity contribution < 1.29 is 9.13 Å². The van der Waals surface area contributed by atoms with Crippen molar-refractivity contribution >= 4 is 16.7 Å². The third-order valence-corrected chi connectivity index (χ3v) is 5.30. The lowest BCUT2D eigenvalue weighted by Gasteiger charge is -2.34. The molecule has 7 heteroatoms. The molecule has 5 rings (SSSR count). The number of benzene rings is 1. The summed E-state index contributed by atoms with van der Waals surface area (Å²) < 4.78 is 20.3. The van der Waals surface area contributed by atoms with Crippen LogP contribution < -0.4 is 4.90 Å². The van der Waals surface area contributed by atoms with E-state index in [0.29, 0.717) is 30.0 Å². The Labute approximate surface area is 167 Å². The highest BCUT2D eigenvalue weighted by Gasteiger charge is 2.23. The van der Waals surface area contributed by atoms with Crippen LogP contribution in [0.5, 0.6) is 0 Å². The summed E-state index contributed by atoms with van der Waals surface area (Å²) in [5, 5.41) is 7.86. The summed E-state index contributed by atoms with van der Waals surface area (Å²) in [4.78, 5) is 11.7. The van der Waals surface area contributed by atoms with E-state index in [-0.39, 0.29) is 11.9 Å². The van der Waals surface area contributed by atoms with Crippen LogP contribution in [0.3, 0.4) is 0 Å². The van der Waals surface area contributed by atoms with Crippen molar-refractivity contribution in [3.63, 3.8) is 0 Å². The summed E-state index contributed by atoms with van der Waals surface area (Å²) in [6.07, 6.45) is 3.41. The highest BCUT2D eigenvalue weighted by Crippen LogP contribution is 2.36. The molecule has 146 valence electrons. The maximum Gasteiger partial charge on any atom is 0.131 e. The predicted molar refractivity (Wildman–Crippen MR) is 110 cm³/mol. The summed E-state index contributed by atoms with van der Waals surface area (Å²) in [6, 6.07) is 12.7. The molecule has 0 bridgehead atoms. The standard InChI is InChI=1S/C22H20FN5O/c1-14-13-29-11-10-28(14)20-12-17(15-4-2-3-5-18(15)23)16-6-8-24-22(21(16)26-20)19-7-9-25-27-19/h2-9,12,14H,10-11,13H2,1H3,(H,25,27). The maximum atomic E-state index is 14.7. The number of morpholine rings is 1. The number of halogens is 1. The summed E-state index contributed by atoms with van der Waals surface area (Å²) in [5.74, 6) is 0.529. The molecular formula is C22H20FN5O. The fourth-order valence-electron chi connectivity index (χ4n) is 3.84. The third kappa shape index (κ3) is 3.13. The van der Waals surface area contributed by atoms with Gasteiger partial charge in [-0.05, 0) is 36.8 Å². The second-order valence-corrected chi connectivity index (χ2v) is 7.15. The van der Waals surface area contributed by atoms with Crippen LogP contribution in [0.2, 0.25) is 0 Å². The number of nitrogens with one attached hydrogen (secondary N) is 1. The highest BCUT2D eigenvalue weighted by atomic mass is 19.1. The molecule has 1 aliphatic rings. The fourth-order valence-corrected chi connectivity index (χ4v) is 3.84. The minimum atomic E-state index is -0.263. The second kappa shape index (κ2) is 7.25. The minimum absolute atomic E-state index is 0.175. The second-order valence-electron chi connectivity index (χ2n) is 7.15. The Balaban J connectivity index is 1.80. The number of hydrogen-bond donors (Lipinski definition) is 1. The van der Waals surface area contributed by atoms with Crippen LogP contribution >= 0.6 is 0 Å². The zero-order valence-electron chi connectivity index (χ0n) is 16.0. The van der Waals surface area contributed by atoms with Gasteiger partial charge in [0.05, 0.1) is 24.9 Å². The lowest BCUT2D eigenvalue weighted by molar-refractivity contribution is 0.0986. The number of hydrogen-bond acceptors (Lipinski definition) is 5. The Hall–Kier alpha value is -3.32. The lowest BCUT2D eigenvalue weighted by atomic mass is 9.99. The van der Waals surface area contributed by atoms with Crippen molar-refractivity contribution in [3.8, 4) is 22.5 Å². The van der Waals surface area contributed by atoms with Crippen LogP contribution in [0.25, 0.3) is 33.4 Å². The van der Waals surface area contributed by atoms with Crippen LogP contribution in [-0.4, -0.2) is 46.0 Å². The molecule has 0 saturated carbocycles. The van der Waals surface area contributed by atoms with Gasteiger partial charge in [-0.1, -0.05) is 18.2 Å². The lowest BCUT2D eigenvalue weighted by Crippen LogP contribution is -2.44. The molecule has 1 fully saturated rings. The van der Waals surface area contributed by atoms with E-state index in [1.54, 1.807) is 24.5 Å². The molecule has 1 atom stereocenters. The first-order chi connectivity index (χ1) is 14.2. The molecular weight excluding hydrogens is 369 g/mol. The van der Waals surface area contributed by atoms with Crippen molar-refractivity contribution in [2.45, 2.75) is 13.0 Å². The smallest absolute Gasteiger partial charge is 0.131 e. The largest absolute Gasteiger partial charge is 0.377 e. The molecule has 1 N–H and O–H groups in total. The maximum absolute atomic E-state index is 14.7. The van der Waals surface area contributed by atoms with Gasteiger partial charge in [-0.25, -0.2) is 9.37 Å². The van der Waals surface area contributed by atoms with Gasteiger partial charge < -0.3 is 9.64 Å². The van der Waals surface area contributed by atoms with E-state index in [4.69, 9.17) is 9.72 Å². The van der Waals surface area contributed by atoms with Gasteiger partial charge >= 0.3 is 0 Å². The predicted octanol–water partition coefficient (Wildman–Crippen LogP) is 4.05. The Morgan fingerprint density at radius 1 is 1.14 bits per heavy atom. The van der Waals surface area contributed by atoms with Crippen molar-refractivity contribution in [2.75, 3.05) is 24.7 Å². The average molecular weight is 389 g/mol. The number of fused-ring (bicyclic) bond motifs is 1. The van der Waals surface area contributed by atoms with E-state index in [1.165, 1.54) is 6.07 Å². The van der Waals surface area contributed by atoms with Gasteiger partial charge in [0.25, 0.3) is 0 Å². The minimum Gasteiger partial charge on any atom is -0.377 e. The molecule has 1 unspecified atom stereocenters. The van der Waals surface area contributed by atoms with Crippen LogP contribution in [0.4, 0.5) is 10.2 Å². The van der Waals surface area contributed by atoms with Crippen molar-refractivity contribution in [1.29, 1.82) is 0 Å². The van der Waals surface area contributed by atoms with Crippen LogP contribution in [0, 0.1) is 5.82 Å². The van der Waals surface area contributed by atoms with Gasteiger partial charge in [-0.2, -0.15) is 5.10 Å². The molecule has 4 aromatic rings. The third-order valence-electron chi connectivity index (χ3n) is 5.30. The number of anilines is 1. The molecule has 4 heterocycles. The molecule has 1 aliphatic heterocycles. The number of nitrogens with zero attached hydrogens (tertiary/aromatic N) is 4. The zero-order valence-corrected chi connectivity index (χ0v) is 16.0. The van der Waals surface area contributed by atoms with Gasteiger partial charge in [0.2, 0.25) is 0 Å². The van der Waals surface area contributed by atoms with Gasteiger partial charge in [-0.15, -0.1) is 0 Å². The Morgan fingerprint density at radius 3 is 2.83 bits per heavy atom. The van der Waals surface area contributed by atoms with E-state index in [2.05, 4.69) is 27.0 Å². The normalized spacial score (nSPS) is 17.0. The van der Waals surface area contributed by atoms with Gasteiger partial charge in [0.1, 0.15) is 22.8 Å². The number of aromatic nitrogens is 4. The van der Waals surface area contributed by atoms with E-state index in [1.807, 2.05) is 24.3 Å². The Bertz CT molecular complexity index is 1160. The van der Waals surface area contributed by atoms with Gasteiger partial charge in [0, 0.05) is 29.9 Å². The molecule has 1 saturated heterocycles. The van der Waals surface area contributed by atoms with Gasteiger partial charge in [-0.3, -0.25) is 10.1 Å². The molecule has 1 aromatic carbocycles. The quantitative estimate of drug-likeness (QED) is 0.573. The van der Waals surface area contributed by atoms with Crippen molar-refractivity contribution in [3.05, 3.63) is 60.7 Å². The summed E-state index contributed by atoms with van der Waals surface area (Å²) >= 11 is 0. The number of ether oxygens (including phenoxy) is 1. The molecule has 6 nitrogen and oxygen atoms in total. The van der Waals surface area contributed by atoms with Crippen molar-refractivity contribution in [2.24, 2.45) is 0 Å². The number of pyridine rings is 2. The van der Waals surface area contributed by atoms with Crippen molar-refractivity contribution in [1.82, 2.24) is 20.2 Å². The summed E-state index contributed by atoms with van der Waals surface area (Å²) in [7, 11) is 0. The molecule has 0 spiro atoms. The zero-order chi connectivity index (χ0) is 19.8. The highest BCUT2D eigenvalue weighted by molar-refractivity contribution is 6.01. The summed E-state index contributed by atoms with van der Waals surface area (Å²) in [6.45, 7) is 4.11. The molecule has 0 aliphatic carbocycles. The first-order valence-electron chi connectivity index (χ1n) is 9.61. The fraction of sp³-hybridized carbons (Fsp3) is 0.227. The van der Waals surface area contributed by atoms with E-state index in [9.17, 15) is 4.39 Å². The molecule has 3 aromatic heterocycles. The van der Waals surface area contributed by atoms with Crippen LogP contribution in [0.15, 0.2) is 54.9 Å². The number of aromatic amines is 1. The van der Waals surface area contributed by atoms with E-state index in [0.717, 1.165) is 29.0 Å². The Morgan fingerprint density at radius 2 is 2.03 bits per heavy atom. The molecule has 29 heavy (non-hydrogen) atoms. The number of H-pyrrole nitrogens is 1. The number of rotatable bonds is 3. The first kappa shape index (κ1) is 17.8. The van der Waals surface area contributed by atoms with Gasteiger partial charge in [0.15, 0.2) is 0 Å². The first-order valence-corrected chi connectivity index (χ1v) is 9.61. The molecule has 0 amide bonds. The monoisotopic (exact) mass is 389 g/mol. The average Bonchev–Trinajstić information content (AvgIpc) is 3.28. The van der Waals surface area contributed by atoms with E-state index >= 15 is 0 Å². The molecule has 0 radical (unpaired) electrons. The van der Waals surface area contributed by atoms with Crippen LogP contribution in [-0.2, 0) is 4.74 Å². The van der Waals surface area contributed by atoms with Crippen LogP contribution in [0.1, 0.15) is 6.92 Å². The SMILES string of the molecule is CC1COCCN1c1cc(-c2ccccc2F)c2ccnc(-c3ccn[nH]3)c2n1. The topological polar surface area (TPSA) is 66.9 Å². The summed E-state index contributed by atoms with van der Waals surface area (Å²) in [5.41, 5.74) is 3.52.